The van der Waals surface area contributed by atoms with E-state index in [1.807, 2.05) is 0 Å². The number of carbonyl (C=O) groups is 2. The van der Waals surface area contributed by atoms with Crippen molar-refractivity contribution in [1.82, 2.24) is 10.3 Å². The Morgan fingerprint density at radius 3 is 2.43 bits per heavy atom. The molecule has 0 aliphatic rings. The Balaban J connectivity index is 2.12. The van der Waals surface area contributed by atoms with Crippen LogP contribution in [-0.4, -0.2) is 22.0 Å². The highest BCUT2D eigenvalue weighted by molar-refractivity contribution is 5.97. The zero-order valence-corrected chi connectivity index (χ0v) is 11.2. The number of pyridine rings is 1. The number of carboxylic acids is 1. The van der Waals surface area contributed by atoms with Gasteiger partial charge in [-0.25, -0.2) is 9.18 Å². The highest BCUT2D eigenvalue weighted by Crippen LogP contribution is 2.14. The number of rotatable bonds is 4. The van der Waals surface area contributed by atoms with Crippen molar-refractivity contribution >= 4 is 11.9 Å². The Morgan fingerprint density at radius 1 is 1.19 bits per heavy atom. The van der Waals surface area contributed by atoms with Gasteiger partial charge in [0.2, 0.25) is 0 Å². The predicted molar refractivity (Wildman–Crippen MR) is 73.5 cm³/mol. The third-order valence-electron chi connectivity index (χ3n) is 2.96. The second kappa shape index (κ2) is 6.13. The fourth-order valence-corrected chi connectivity index (χ4v) is 1.80. The number of aromatic carboxylic acids is 1. The molecule has 0 fully saturated rings. The van der Waals surface area contributed by atoms with Crippen LogP contribution in [0.4, 0.5) is 4.39 Å². The third kappa shape index (κ3) is 3.62. The quantitative estimate of drug-likeness (QED) is 0.905. The van der Waals surface area contributed by atoms with Crippen LogP contribution in [-0.2, 0) is 0 Å². The molecule has 1 heterocycles. The summed E-state index contributed by atoms with van der Waals surface area (Å²) < 4.78 is 12.8. The van der Waals surface area contributed by atoms with Gasteiger partial charge in [-0.3, -0.25) is 9.78 Å². The Hall–Kier alpha value is -2.76. The number of nitrogens with zero attached hydrogens (tertiary/aromatic N) is 1. The molecule has 1 amide bonds. The van der Waals surface area contributed by atoms with Gasteiger partial charge in [-0.1, -0.05) is 12.1 Å². The summed E-state index contributed by atoms with van der Waals surface area (Å²) in [5.74, 6) is -1.94. The lowest BCUT2D eigenvalue weighted by atomic mass is 10.1. The van der Waals surface area contributed by atoms with E-state index in [-0.39, 0.29) is 23.0 Å². The molecular formula is C15H13FN2O3. The van der Waals surface area contributed by atoms with Crippen molar-refractivity contribution in [2.24, 2.45) is 0 Å². The number of hydrogen-bond acceptors (Lipinski definition) is 3. The number of carboxylic acid groups (broad SMARTS) is 1. The molecule has 1 aromatic heterocycles. The number of hydrogen-bond donors (Lipinski definition) is 2. The molecule has 6 heteroatoms. The summed E-state index contributed by atoms with van der Waals surface area (Å²) >= 11 is 0. The van der Waals surface area contributed by atoms with Crippen LogP contribution in [0.3, 0.4) is 0 Å². The van der Waals surface area contributed by atoms with Crippen molar-refractivity contribution < 1.29 is 19.1 Å². The molecule has 0 bridgehead atoms. The molecular weight excluding hydrogens is 275 g/mol. The molecule has 2 aromatic rings. The number of halogens is 1. The van der Waals surface area contributed by atoms with Crippen LogP contribution in [0.25, 0.3) is 0 Å². The topological polar surface area (TPSA) is 79.3 Å². The Kier molecular flexibility index (Phi) is 4.27. The van der Waals surface area contributed by atoms with Gasteiger partial charge in [-0.2, -0.15) is 0 Å². The van der Waals surface area contributed by atoms with Gasteiger partial charge in [0.1, 0.15) is 5.82 Å². The van der Waals surface area contributed by atoms with Gasteiger partial charge in [0, 0.05) is 12.4 Å². The summed E-state index contributed by atoms with van der Waals surface area (Å²) in [6.45, 7) is 1.75. The van der Waals surface area contributed by atoms with E-state index in [1.54, 1.807) is 19.1 Å². The summed E-state index contributed by atoms with van der Waals surface area (Å²) in [6, 6.07) is 6.68. The molecule has 0 radical (unpaired) electrons. The van der Waals surface area contributed by atoms with Gasteiger partial charge in [-0.15, -0.1) is 0 Å². The van der Waals surface area contributed by atoms with Gasteiger partial charge in [0.25, 0.3) is 5.91 Å². The summed E-state index contributed by atoms with van der Waals surface area (Å²) in [5, 5.41) is 11.6. The Labute approximate surface area is 120 Å². The van der Waals surface area contributed by atoms with E-state index in [2.05, 4.69) is 10.3 Å². The lowest BCUT2D eigenvalue weighted by Crippen LogP contribution is -2.27. The first kappa shape index (κ1) is 14.6. The Morgan fingerprint density at radius 2 is 1.81 bits per heavy atom. The van der Waals surface area contributed by atoms with Crippen molar-refractivity contribution in [1.29, 1.82) is 0 Å². The highest BCUT2D eigenvalue weighted by Gasteiger charge is 2.14. The second-order valence-electron chi connectivity index (χ2n) is 4.51. The van der Waals surface area contributed by atoms with Crippen molar-refractivity contribution in [2.45, 2.75) is 13.0 Å². The molecule has 0 saturated heterocycles. The maximum atomic E-state index is 12.8. The van der Waals surface area contributed by atoms with Crippen LogP contribution in [0.15, 0.2) is 42.7 Å². The molecule has 0 saturated carbocycles. The molecule has 2 N–H and O–H groups in total. The smallest absolute Gasteiger partial charge is 0.337 e. The SMILES string of the molecule is CC(NC(=O)c1cncc(C(=O)O)c1)c1ccc(F)cc1. The molecule has 1 unspecified atom stereocenters. The van der Waals surface area contributed by atoms with E-state index in [1.165, 1.54) is 30.6 Å². The van der Waals surface area contributed by atoms with Gasteiger partial charge in [-0.05, 0) is 30.7 Å². The first-order valence-corrected chi connectivity index (χ1v) is 6.22. The van der Waals surface area contributed by atoms with Crippen molar-refractivity contribution in [3.8, 4) is 0 Å². The molecule has 0 spiro atoms. The maximum Gasteiger partial charge on any atom is 0.337 e. The average Bonchev–Trinajstić information content (AvgIpc) is 2.48. The van der Waals surface area contributed by atoms with Crippen molar-refractivity contribution in [3.05, 3.63) is 65.2 Å². The van der Waals surface area contributed by atoms with Crippen LogP contribution in [0, 0.1) is 5.82 Å². The lowest BCUT2D eigenvalue weighted by Gasteiger charge is -2.14. The molecule has 5 nitrogen and oxygen atoms in total. The normalized spacial score (nSPS) is 11.7. The van der Waals surface area contributed by atoms with Gasteiger partial charge >= 0.3 is 5.97 Å². The number of carbonyl (C=O) groups excluding carboxylic acids is 1. The molecule has 2 rings (SSSR count). The standard InChI is InChI=1S/C15H13FN2O3/c1-9(10-2-4-13(16)5-3-10)18-14(19)11-6-12(15(20)21)8-17-7-11/h2-9H,1H3,(H,18,19)(H,20,21). The molecule has 0 aliphatic heterocycles. The molecule has 108 valence electrons. The molecule has 1 atom stereocenters. The maximum absolute atomic E-state index is 12.8. The first-order chi connectivity index (χ1) is 9.97. The fourth-order valence-electron chi connectivity index (χ4n) is 1.80. The summed E-state index contributed by atoms with van der Waals surface area (Å²) in [6.07, 6.45) is 2.46. The van der Waals surface area contributed by atoms with E-state index in [0.29, 0.717) is 0 Å². The van der Waals surface area contributed by atoms with Crippen molar-refractivity contribution in [2.75, 3.05) is 0 Å². The van der Waals surface area contributed by atoms with E-state index in [9.17, 15) is 14.0 Å². The number of benzene rings is 1. The van der Waals surface area contributed by atoms with Gasteiger partial charge in [0.15, 0.2) is 0 Å². The minimum atomic E-state index is -1.15. The van der Waals surface area contributed by atoms with Crippen molar-refractivity contribution in [3.63, 3.8) is 0 Å². The predicted octanol–water partition coefficient (Wildman–Crippen LogP) is 2.41. The van der Waals surface area contributed by atoms with Crippen LogP contribution in [0.5, 0.6) is 0 Å². The van der Waals surface area contributed by atoms with E-state index >= 15 is 0 Å². The van der Waals surface area contributed by atoms with Crippen LogP contribution in [0.2, 0.25) is 0 Å². The zero-order chi connectivity index (χ0) is 15.4. The average molecular weight is 288 g/mol. The van der Waals surface area contributed by atoms with Crippen LogP contribution < -0.4 is 5.32 Å². The largest absolute Gasteiger partial charge is 0.478 e. The first-order valence-electron chi connectivity index (χ1n) is 6.22. The molecule has 21 heavy (non-hydrogen) atoms. The minimum absolute atomic E-state index is 0.0583. The van der Waals surface area contributed by atoms with Crippen LogP contribution >= 0.6 is 0 Å². The third-order valence-corrected chi connectivity index (χ3v) is 2.96. The fraction of sp³-hybridized carbons (Fsp3) is 0.133. The van der Waals surface area contributed by atoms with E-state index in [4.69, 9.17) is 5.11 Å². The summed E-state index contributed by atoms with van der Waals surface area (Å²) in [4.78, 5) is 26.6. The van der Waals surface area contributed by atoms with Crippen LogP contribution in [0.1, 0.15) is 39.2 Å². The number of aromatic nitrogens is 1. The molecule has 1 aromatic carbocycles. The minimum Gasteiger partial charge on any atom is -0.478 e. The summed E-state index contributed by atoms with van der Waals surface area (Å²) in [7, 11) is 0. The second-order valence-corrected chi connectivity index (χ2v) is 4.51. The lowest BCUT2D eigenvalue weighted by molar-refractivity contribution is 0.0696. The van der Waals surface area contributed by atoms with E-state index in [0.717, 1.165) is 5.56 Å². The number of nitrogens with one attached hydrogen (secondary N) is 1. The van der Waals surface area contributed by atoms with Gasteiger partial charge in [0.05, 0.1) is 17.2 Å². The number of amides is 1. The molecule has 0 aliphatic carbocycles. The zero-order valence-electron chi connectivity index (χ0n) is 11.2. The summed E-state index contributed by atoms with van der Waals surface area (Å²) in [5.41, 5.74) is 0.841. The van der Waals surface area contributed by atoms with Gasteiger partial charge < -0.3 is 10.4 Å². The highest BCUT2D eigenvalue weighted by atomic mass is 19.1. The monoisotopic (exact) mass is 288 g/mol. The van der Waals surface area contributed by atoms with E-state index < -0.39 is 11.9 Å². The Bertz CT molecular complexity index is 671.